The van der Waals surface area contributed by atoms with Gasteiger partial charge in [-0.3, -0.25) is 9.59 Å². The lowest BCUT2D eigenvalue weighted by Gasteiger charge is -2.43. The van der Waals surface area contributed by atoms with Gasteiger partial charge in [0.15, 0.2) is 6.61 Å². The van der Waals surface area contributed by atoms with Gasteiger partial charge in [-0.15, -0.1) is 0 Å². The fourth-order valence-electron chi connectivity index (χ4n) is 4.18. The molecule has 9 nitrogen and oxygen atoms in total. The molecule has 0 N–H and O–H groups in total. The summed E-state index contributed by atoms with van der Waals surface area (Å²) in [4.78, 5) is 29.5. The molecule has 2 aliphatic heterocycles. The number of morpholine rings is 2. The van der Waals surface area contributed by atoms with Gasteiger partial charge < -0.3 is 33.5 Å². The summed E-state index contributed by atoms with van der Waals surface area (Å²) in [6, 6.07) is 12.6. The maximum atomic E-state index is 13.3. The average molecular weight is 503 g/mol. The molecule has 0 saturated carbocycles. The van der Waals surface area contributed by atoms with Crippen LogP contribution >= 0.6 is 0 Å². The van der Waals surface area contributed by atoms with Crippen LogP contribution < -0.4 is 14.2 Å². The van der Waals surface area contributed by atoms with Crippen molar-refractivity contribution in [2.45, 2.75) is 12.0 Å². The first-order chi connectivity index (χ1) is 17.5. The molecule has 2 aromatic carbocycles. The Morgan fingerprint density at radius 1 is 0.917 bits per heavy atom. The Morgan fingerprint density at radius 3 is 2.39 bits per heavy atom. The molecule has 0 spiro atoms. The molecule has 194 valence electrons. The van der Waals surface area contributed by atoms with E-state index < -0.39 is 5.60 Å². The topological polar surface area (TPSA) is 86.8 Å². The number of ether oxygens (including phenoxy) is 5. The summed E-state index contributed by atoms with van der Waals surface area (Å²) in [6.07, 6.45) is 0.0364. The number of nitrogens with zero attached hydrogens (tertiary/aromatic N) is 2. The highest BCUT2D eigenvalue weighted by Gasteiger charge is 2.42. The minimum absolute atomic E-state index is 0.0230. The molecule has 2 aromatic rings. The standard InChI is InChI=1S/C26H31FN2O7/c1-32-22-3-2-4-23(15-22)34-17-25(31)29-11-14-36-26(18-29,16-24(30)28-9-12-33-13-10-28)19-35-21-7-5-20(27)6-8-21/h2-8,15H,9-14,16-19H2,1H3/t26-/m1/s1. The fourth-order valence-corrected chi connectivity index (χ4v) is 4.18. The third-order valence-electron chi connectivity index (χ3n) is 6.16. The van der Waals surface area contributed by atoms with Gasteiger partial charge in [-0.1, -0.05) is 6.07 Å². The van der Waals surface area contributed by atoms with Gasteiger partial charge in [0.2, 0.25) is 5.91 Å². The lowest BCUT2D eigenvalue weighted by atomic mass is 9.96. The van der Waals surface area contributed by atoms with E-state index >= 15 is 0 Å². The van der Waals surface area contributed by atoms with Gasteiger partial charge in [0.25, 0.3) is 5.91 Å². The number of halogens is 1. The van der Waals surface area contributed by atoms with Gasteiger partial charge in [-0.2, -0.15) is 0 Å². The van der Waals surface area contributed by atoms with E-state index in [1.54, 1.807) is 41.2 Å². The molecular weight excluding hydrogens is 471 g/mol. The lowest BCUT2D eigenvalue weighted by Crippen LogP contribution is -2.59. The molecule has 0 aliphatic carbocycles. The van der Waals surface area contributed by atoms with Gasteiger partial charge in [0.1, 0.15) is 35.3 Å². The van der Waals surface area contributed by atoms with Crippen molar-refractivity contribution in [1.82, 2.24) is 9.80 Å². The van der Waals surface area contributed by atoms with Crippen molar-refractivity contribution in [2.24, 2.45) is 0 Å². The van der Waals surface area contributed by atoms with Crippen molar-refractivity contribution < 1.29 is 37.7 Å². The summed E-state index contributed by atoms with van der Waals surface area (Å²) in [7, 11) is 1.56. The third kappa shape index (κ3) is 6.86. The molecule has 2 heterocycles. The summed E-state index contributed by atoms with van der Waals surface area (Å²) < 4.78 is 41.6. The van der Waals surface area contributed by atoms with E-state index in [2.05, 4.69) is 0 Å². The van der Waals surface area contributed by atoms with Gasteiger partial charge in [-0.05, 0) is 36.4 Å². The Bertz CT molecular complexity index is 1030. The van der Waals surface area contributed by atoms with Crippen LogP contribution in [0.3, 0.4) is 0 Å². The largest absolute Gasteiger partial charge is 0.497 e. The van der Waals surface area contributed by atoms with Crippen LogP contribution in [-0.4, -0.2) is 93.5 Å². The quantitative estimate of drug-likeness (QED) is 0.519. The third-order valence-corrected chi connectivity index (χ3v) is 6.16. The first-order valence-electron chi connectivity index (χ1n) is 11.9. The van der Waals surface area contributed by atoms with Crippen LogP contribution in [0.2, 0.25) is 0 Å². The predicted molar refractivity (Wildman–Crippen MR) is 128 cm³/mol. The Hall–Kier alpha value is -3.37. The molecule has 1 atom stereocenters. The molecule has 10 heteroatoms. The number of carbonyl (C=O) groups excluding carboxylic acids is 2. The maximum Gasteiger partial charge on any atom is 0.260 e. The van der Waals surface area contributed by atoms with Crippen LogP contribution in [-0.2, 0) is 19.1 Å². The van der Waals surface area contributed by atoms with Crippen molar-refractivity contribution in [3.63, 3.8) is 0 Å². The van der Waals surface area contributed by atoms with Crippen molar-refractivity contribution in [3.8, 4) is 17.2 Å². The average Bonchev–Trinajstić information content (AvgIpc) is 2.92. The number of benzene rings is 2. The highest BCUT2D eigenvalue weighted by atomic mass is 19.1. The number of rotatable bonds is 9. The van der Waals surface area contributed by atoms with Crippen LogP contribution in [0.15, 0.2) is 48.5 Å². The first-order valence-corrected chi connectivity index (χ1v) is 11.9. The second-order valence-electron chi connectivity index (χ2n) is 8.73. The van der Waals surface area contributed by atoms with Crippen LogP contribution in [0.5, 0.6) is 17.2 Å². The molecule has 2 saturated heterocycles. The minimum atomic E-state index is -1.06. The number of amides is 2. The zero-order chi connectivity index (χ0) is 25.4. The summed E-state index contributed by atoms with van der Waals surface area (Å²) in [6.45, 7) is 2.60. The van der Waals surface area contributed by atoms with E-state index in [1.165, 1.54) is 24.3 Å². The predicted octanol–water partition coefficient (Wildman–Crippen LogP) is 2.14. The smallest absolute Gasteiger partial charge is 0.260 e. The Kier molecular flexibility index (Phi) is 8.61. The normalized spacial score (nSPS) is 20.1. The summed E-state index contributed by atoms with van der Waals surface area (Å²) in [5, 5.41) is 0. The molecule has 4 rings (SSSR count). The van der Waals surface area contributed by atoms with E-state index in [0.29, 0.717) is 50.1 Å². The van der Waals surface area contributed by atoms with Crippen molar-refractivity contribution in [2.75, 3.05) is 66.3 Å². The van der Waals surface area contributed by atoms with E-state index in [0.717, 1.165) is 0 Å². The number of methoxy groups -OCH3 is 1. The molecular formula is C26H31FN2O7. The minimum Gasteiger partial charge on any atom is -0.497 e. The lowest BCUT2D eigenvalue weighted by molar-refractivity contribution is -0.168. The SMILES string of the molecule is COc1cccc(OCC(=O)N2CCO[C@](COc3ccc(F)cc3)(CC(=O)N3CCOCC3)C2)c1. The summed E-state index contributed by atoms with van der Waals surface area (Å²) in [5.74, 6) is 0.896. The molecule has 36 heavy (non-hydrogen) atoms. The molecule has 0 aromatic heterocycles. The summed E-state index contributed by atoms with van der Waals surface area (Å²) >= 11 is 0. The molecule has 0 unspecified atom stereocenters. The first kappa shape index (κ1) is 25.7. The highest BCUT2D eigenvalue weighted by molar-refractivity contribution is 5.79. The van der Waals surface area contributed by atoms with Gasteiger partial charge in [0, 0.05) is 25.7 Å². The second kappa shape index (κ2) is 12.0. The second-order valence-corrected chi connectivity index (χ2v) is 8.73. The molecule has 0 bridgehead atoms. The van der Waals surface area contributed by atoms with Crippen LogP contribution in [0.25, 0.3) is 0 Å². The van der Waals surface area contributed by atoms with Crippen molar-refractivity contribution >= 4 is 11.8 Å². The zero-order valence-electron chi connectivity index (χ0n) is 20.3. The Balaban J connectivity index is 1.44. The monoisotopic (exact) mass is 502 g/mol. The molecule has 2 amide bonds. The van der Waals surface area contributed by atoms with Crippen LogP contribution in [0, 0.1) is 5.82 Å². The van der Waals surface area contributed by atoms with E-state index in [9.17, 15) is 14.0 Å². The molecule has 2 aliphatic rings. The Labute approximate surface area is 209 Å². The fraction of sp³-hybridized carbons (Fsp3) is 0.462. The van der Waals surface area contributed by atoms with Crippen LogP contribution in [0.4, 0.5) is 4.39 Å². The zero-order valence-corrected chi connectivity index (χ0v) is 20.3. The van der Waals surface area contributed by atoms with E-state index in [4.69, 9.17) is 23.7 Å². The Morgan fingerprint density at radius 2 is 1.64 bits per heavy atom. The summed E-state index contributed by atoms with van der Waals surface area (Å²) in [5.41, 5.74) is -1.06. The van der Waals surface area contributed by atoms with Gasteiger partial charge in [-0.25, -0.2) is 4.39 Å². The number of carbonyl (C=O) groups is 2. The number of hydrogen-bond acceptors (Lipinski definition) is 7. The van der Waals surface area contributed by atoms with E-state index in [1.807, 2.05) is 0 Å². The molecule has 0 radical (unpaired) electrons. The maximum absolute atomic E-state index is 13.3. The van der Waals surface area contributed by atoms with Gasteiger partial charge in [0.05, 0.1) is 39.9 Å². The number of hydrogen-bond donors (Lipinski definition) is 0. The van der Waals surface area contributed by atoms with Gasteiger partial charge >= 0.3 is 0 Å². The van der Waals surface area contributed by atoms with E-state index in [-0.39, 0.29) is 50.4 Å². The molecule has 2 fully saturated rings. The highest BCUT2D eigenvalue weighted by Crippen LogP contribution is 2.26. The van der Waals surface area contributed by atoms with Crippen molar-refractivity contribution in [3.05, 3.63) is 54.3 Å². The van der Waals surface area contributed by atoms with Crippen molar-refractivity contribution in [1.29, 1.82) is 0 Å². The van der Waals surface area contributed by atoms with Crippen LogP contribution in [0.1, 0.15) is 6.42 Å².